The fourth-order valence-electron chi connectivity index (χ4n) is 3.47. The fourth-order valence-corrected chi connectivity index (χ4v) is 3.47. The van der Waals surface area contributed by atoms with Gasteiger partial charge in [0.2, 0.25) is 11.8 Å². The third-order valence-corrected chi connectivity index (χ3v) is 5.52. The summed E-state index contributed by atoms with van der Waals surface area (Å²) in [6.45, 7) is 0.812. The predicted octanol–water partition coefficient (Wildman–Crippen LogP) is 2.30. The highest BCUT2D eigenvalue weighted by Gasteiger charge is 2.34. The number of hydrogen-bond acceptors (Lipinski definition) is 8. The zero-order valence-electron chi connectivity index (χ0n) is 19.0. The Balaban J connectivity index is 1.69. The summed E-state index contributed by atoms with van der Waals surface area (Å²) in [5.74, 6) is -0.516. The zero-order valence-corrected chi connectivity index (χ0v) is 19.0. The summed E-state index contributed by atoms with van der Waals surface area (Å²) in [7, 11) is 2.90. The van der Waals surface area contributed by atoms with Crippen molar-refractivity contribution < 1.29 is 23.1 Å². The van der Waals surface area contributed by atoms with Crippen LogP contribution in [0.5, 0.6) is 0 Å². The van der Waals surface area contributed by atoms with Crippen molar-refractivity contribution >= 4 is 23.3 Å². The second-order valence-corrected chi connectivity index (χ2v) is 8.01. The Hall–Kier alpha value is -3.72. The molecule has 2 heterocycles. The van der Waals surface area contributed by atoms with Crippen LogP contribution in [0.4, 0.5) is 20.3 Å². The second-order valence-electron chi connectivity index (χ2n) is 8.01. The summed E-state index contributed by atoms with van der Waals surface area (Å²) in [6, 6.07) is 2.63. The second kappa shape index (κ2) is 10.9. The maximum Gasteiger partial charge on any atom is 0.255 e. The number of pyridine rings is 1. The molecule has 0 bridgehead atoms. The van der Waals surface area contributed by atoms with E-state index in [1.165, 1.54) is 32.6 Å². The highest BCUT2D eigenvalue weighted by Crippen LogP contribution is 2.30. The average molecular weight is 473 g/mol. The summed E-state index contributed by atoms with van der Waals surface area (Å²) >= 11 is 0. The monoisotopic (exact) mass is 473 g/mol. The van der Waals surface area contributed by atoms with Crippen LogP contribution in [-0.2, 0) is 14.3 Å². The lowest BCUT2D eigenvalue weighted by molar-refractivity contribution is -0.132. The Bertz CT molecular complexity index is 1070. The molecule has 0 aliphatic heterocycles. The third-order valence-electron chi connectivity index (χ3n) is 5.52. The van der Waals surface area contributed by atoms with Crippen LogP contribution in [-0.4, -0.2) is 70.9 Å². The predicted molar refractivity (Wildman–Crippen MR) is 119 cm³/mol. The molecule has 1 atom stereocenters. The number of rotatable bonds is 9. The van der Waals surface area contributed by atoms with Crippen molar-refractivity contribution in [2.45, 2.75) is 38.3 Å². The number of anilines is 2. The first-order valence-corrected chi connectivity index (χ1v) is 10.6. The number of carbonyl (C=O) groups is 2. The van der Waals surface area contributed by atoms with E-state index < -0.39 is 24.9 Å². The summed E-state index contributed by atoms with van der Waals surface area (Å²) in [6.07, 6.45) is 3.09. The summed E-state index contributed by atoms with van der Waals surface area (Å²) in [5.41, 5.74) is 1.22. The van der Waals surface area contributed by atoms with Crippen LogP contribution in [0, 0.1) is 17.2 Å². The van der Waals surface area contributed by atoms with Gasteiger partial charge in [-0.1, -0.05) is 0 Å². The zero-order chi connectivity index (χ0) is 24.8. The van der Waals surface area contributed by atoms with Gasteiger partial charge in [-0.15, -0.1) is 0 Å². The molecule has 1 aliphatic carbocycles. The topological polar surface area (TPSA) is 133 Å². The molecule has 0 spiro atoms. The average Bonchev–Trinajstić information content (AvgIpc) is 2.77. The van der Waals surface area contributed by atoms with Gasteiger partial charge in [-0.2, -0.15) is 5.26 Å². The molecule has 2 N–H and O–H groups in total. The Kier molecular flexibility index (Phi) is 8.01. The third kappa shape index (κ3) is 5.99. The number of likely N-dealkylation sites (N-methyl/N-ethyl adjacent to an activating group) is 1. The molecule has 0 aromatic carbocycles. The van der Waals surface area contributed by atoms with Gasteiger partial charge < -0.3 is 20.3 Å². The number of nitrogens with one attached hydrogen (secondary N) is 2. The molecule has 2 aromatic heterocycles. The van der Waals surface area contributed by atoms with Gasteiger partial charge in [0.05, 0.1) is 36.4 Å². The molecule has 1 fully saturated rings. The molecule has 2 aromatic rings. The molecule has 0 saturated heterocycles. The van der Waals surface area contributed by atoms with Crippen LogP contribution in [0.2, 0.25) is 0 Å². The van der Waals surface area contributed by atoms with Gasteiger partial charge in [-0.25, -0.2) is 18.7 Å². The number of alkyl halides is 2. The first-order valence-electron chi connectivity index (χ1n) is 10.6. The molecule has 1 aliphatic rings. The largest absolute Gasteiger partial charge is 0.381 e. The van der Waals surface area contributed by atoms with Gasteiger partial charge in [0.1, 0.15) is 12.1 Å². The van der Waals surface area contributed by atoms with E-state index in [-0.39, 0.29) is 29.3 Å². The molecule has 1 saturated carbocycles. The Morgan fingerprint density at radius 1 is 1.26 bits per heavy atom. The molecule has 3 rings (SSSR count). The number of amides is 2. The van der Waals surface area contributed by atoms with E-state index in [2.05, 4.69) is 25.6 Å². The molecule has 10 nitrogen and oxygen atoms in total. The van der Waals surface area contributed by atoms with E-state index in [9.17, 15) is 23.6 Å². The van der Waals surface area contributed by atoms with Crippen LogP contribution in [0.3, 0.4) is 0 Å². The van der Waals surface area contributed by atoms with Crippen LogP contribution >= 0.6 is 0 Å². The number of nitrogens with zero attached hydrogens (tertiary/aromatic N) is 5. The molecule has 2 amide bonds. The fraction of sp³-hybridized carbons (Fsp3) is 0.455. The van der Waals surface area contributed by atoms with Crippen molar-refractivity contribution in [1.29, 1.82) is 5.26 Å². The molecule has 180 valence electrons. The minimum Gasteiger partial charge on any atom is -0.381 e. The van der Waals surface area contributed by atoms with Gasteiger partial charge in [0.25, 0.3) is 6.43 Å². The van der Waals surface area contributed by atoms with Gasteiger partial charge >= 0.3 is 0 Å². The smallest absolute Gasteiger partial charge is 0.255 e. The lowest BCUT2D eigenvalue weighted by Gasteiger charge is -2.32. The van der Waals surface area contributed by atoms with Crippen molar-refractivity contribution in [2.75, 3.05) is 31.3 Å². The quantitative estimate of drug-likeness (QED) is 0.567. The van der Waals surface area contributed by atoms with Crippen molar-refractivity contribution in [3.8, 4) is 17.3 Å². The molecular weight excluding hydrogens is 448 g/mol. The molecular formula is C22H25F2N7O3. The summed E-state index contributed by atoms with van der Waals surface area (Å²) in [4.78, 5) is 38.1. The molecule has 0 unspecified atom stereocenters. The van der Waals surface area contributed by atoms with E-state index in [1.807, 2.05) is 6.07 Å². The van der Waals surface area contributed by atoms with Gasteiger partial charge in [-0.3, -0.25) is 14.6 Å². The van der Waals surface area contributed by atoms with E-state index in [1.54, 1.807) is 13.2 Å². The summed E-state index contributed by atoms with van der Waals surface area (Å²) < 4.78 is 30.3. The number of methoxy groups -OCH3 is 1. The minimum atomic E-state index is -2.65. The number of ether oxygens (including phenoxy) is 1. The Labute approximate surface area is 195 Å². The summed E-state index contributed by atoms with van der Waals surface area (Å²) in [5, 5.41) is 14.9. The van der Waals surface area contributed by atoms with E-state index in [0.29, 0.717) is 29.9 Å². The lowest BCUT2D eigenvalue weighted by atomic mass is 9.81. The van der Waals surface area contributed by atoms with Crippen LogP contribution in [0.25, 0.3) is 11.3 Å². The van der Waals surface area contributed by atoms with Crippen LogP contribution in [0.15, 0.2) is 24.7 Å². The van der Waals surface area contributed by atoms with Crippen molar-refractivity contribution in [3.63, 3.8) is 0 Å². The van der Waals surface area contributed by atoms with Gasteiger partial charge in [0, 0.05) is 31.8 Å². The number of carbonyl (C=O) groups excluding carboxylic acids is 2. The normalized spacial score (nSPS) is 17.9. The Morgan fingerprint density at radius 3 is 2.59 bits per heavy atom. The first-order chi connectivity index (χ1) is 16.2. The van der Waals surface area contributed by atoms with Crippen LogP contribution < -0.4 is 10.6 Å². The molecule has 0 radical (unpaired) electrons. The maximum absolute atomic E-state index is 12.6. The van der Waals surface area contributed by atoms with Gasteiger partial charge in [0.15, 0.2) is 11.5 Å². The van der Waals surface area contributed by atoms with Crippen LogP contribution in [0.1, 0.15) is 25.5 Å². The lowest BCUT2D eigenvalue weighted by Crippen LogP contribution is -2.41. The SMILES string of the molecule is COC1CC(C(=O)Nc2cnc(-c3cnc(C#N)c(N[C@@H](C)C(=O)N(C)CC(F)F)c3)cn2)C1. The van der Waals surface area contributed by atoms with Crippen molar-refractivity contribution in [2.24, 2.45) is 5.92 Å². The van der Waals surface area contributed by atoms with Gasteiger partial charge in [-0.05, 0) is 25.8 Å². The highest BCUT2D eigenvalue weighted by molar-refractivity contribution is 5.92. The Morgan fingerprint density at radius 2 is 2.00 bits per heavy atom. The van der Waals surface area contributed by atoms with E-state index in [0.717, 1.165) is 4.90 Å². The van der Waals surface area contributed by atoms with Crippen molar-refractivity contribution in [3.05, 3.63) is 30.4 Å². The number of hydrogen-bond donors (Lipinski definition) is 2. The first kappa shape index (κ1) is 24.9. The molecule has 34 heavy (non-hydrogen) atoms. The molecule has 12 heteroatoms. The maximum atomic E-state index is 12.6. The number of aromatic nitrogens is 3. The number of nitriles is 1. The standard InChI is InChI=1S/C22H25F2N7O3/c1-12(22(33)31(2)11-19(23)24)29-16-6-14(8-26-17(16)7-25)18-9-28-20(10-27-18)30-21(32)13-4-15(5-13)34-3/h6,8-10,12-13,15,19,29H,4-5,11H2,1-3H3,(H,28,30,32)/t12-,13?,15?/m0/s1. The highest BCUT2D eigenvalue weighted by atomic mass is 19.3. The van der Waals surface area contributed by atoms with Crippen molar-refractivity contribution in [1.82, 2.24) is 19.9 Å². The number of halogens is 2. The minimum absolute atomic E-state index is 0.0339. The van der Waals surface area contributed by atoms with E-state index >= 15 is 0 Å². The van der Waals surface area contributed by atoms with E-state index in [4.69, 9.17) is 4.74 Å².